The zero-order chi connectivity index (χ0) is 16.4. The van der Waals surface area contributed by atoms with Gasteiger partial charge in [0.25, 0.3) is 17.5 Å². The minimum absolute atomic E-state index is 0.0610. The second kappa shape index (κ2) is 5.89. The number of anilines is 1. The monoisotopic (exact) mass is 334 g/mol. The van der Waals surface area contributed by atoms with Crippen LogP contribution in [0.5, 0.6) is 0 Å². The first-order chi connectivity index (χ1) is 11.0. The van der Waals surface area contributed by atoms with Gasteiger partial charge in [0.05, 0.1) is 11.2 Å². The van der Waals surface area contributed by atoms with Crippen LogP contribution in [0.4, 0.5) is 11.7 Å². The largest absolute Gasteiger partial charge is 0.459 e. The number of nitro benzene ring substituents is 1. The molecule has 9 nitrogen and oxygen atoms in total. The third-order valence-corrected chi connectivity index (χ3v) is 3.01. The highest BCUT2D eigenvalue weighted by Gasteiger charge is 2.22. The van der Waals surface area contributed by atoms with E-state index in [-0.39, 0.29) is 22.5 Å². The number of rotatable bonds is 4. The molecule has 0 aliphatic carbocycles. The molecule has 10 heteroatoms. The standard InChI is InChI=1S/C13H7ClN4O5/c14-7-3-4-9(18(20)21)8(6-7)11(19)15-13-17-16-12(23-13)10-2-1-5-22-10/h1-6H,(H,15,17,19). The van der Waals surface area contributed by atoms with E-state index in [9.17, 15) is 14.9 Å². The molecule has 2 aromatic heterocycles. The Morgan fingerprint density at radius 1 is 1.30 bits per heavy atom. The van der Waals surface area contributed by atoms with Crippen LogP contribution in [0, 0.1) is 10.1 Å². The van der Waals surface area contributed by atoms with E-state index in [1.807, 2.05) is 0 Å². The summed E-state index contributed by atoms with van der Waals surface area (Å²) in [6, 6.07) is 6.64. The maximum Gasteiger partial charge on any atom is 0.322 e. The Labute approximate surface area is 133 Å². The number of hydrogen-bond donors (Lipinski definition) is 1. The number of furan rings is 1. The third kappa shape index (κ3) is 3.04. The maximum absolute atomic E-state index is 12.2. The fourth-order valence-corrected chi connectivity index (χ4v) is 1.96. The molecule has 0 aliphatic rings. The van der Waals surface area contributed by atoms with E-state index < -0.39 is 16.5 Å². The van der Waals surface area contributed by atoms with Crippen LogP contribution in [-0.4, -0.2) is 21.0 Å². The van der Waals surface area contributed by atoms with Gasteiger partial charge in [-0.2, -0.15) is 0 Å². The Bertz CT molecular complexity index is 874. The van der Waals surface area contributed by atoms with E-state index in [4.69, 9.17) is 20.4 Å². The van der Waals surface area contributed by atoms with E-state index in [1.54, 1.807) is 12.1 Å². The topological polar surface area (TPSA) is 124 Å². The molecule has 0 bridgehead atoms. The smallest absolute Gasteiger partial charge is 0.322 e. The van der Waals surface area contributed by atoms with Crippen LogP contribution in [-0.2, 0) is 0 Å². The maximum atomic E-state index is 12.2. The van der Waals surface area contributed by atoms with Crippen molar-refractivity contribution < 1.29 is 18.6 Å². The van der Waals surface area contributed by atoms with Crippen molar-refractivity contribution in [1.29, 1.82) is 0 Å². The Hall–Kier alpha value is -3.20. The number of amides is 1. The fraction of sp³-hybridized carbons (Fsp3) is 0. The van der Waals surface area contributed by atoms with Crippen molar-refractivity contribution in [1.82, 2.24) is 10.2 Å². The molecule has 0 radical (unpaired) electrons. The van der Waals surface area contributed by atoms with Gasteiger partial charge < -0.3 is 8.83 Å². The second-order valence-electron chi connectivity index (χ2n) is 4.26. The Morgan fingerprint density at radius 2 is 2.13 bits per heavy atom. The van der Waals surface area contributed by atoms with E-state index in [0.29, 0.717) is 5.76 Å². The summed E-state index contributed by atoms with van der Waals surface area (Å²) in [4.78, 5) is 22.4. The van der Waals surface area contributed by atoms with Gasteiger partial charge in [0.15, 0.2) is 5.76 Å². The molecule has 116 valence electrons. The number of carbonyl (C=O) groups excluding carboxylic acids is 1. The van der Waals surface area contributed by atoms with Crippen LogP contribution in [0.3, 0.4) is 0 Å². The molecule has 1 N–H and O–H groups in total. The molecular weight excluding hydrogens is 328 g/mol. The molecule has 0 atom stereocenters. The predicted molar refractivity (Wildman–Crippen MR) is 78.1 cm³/mol. The van der Waals surface area contributed by atoms with Gasteiger partial charge in [0, 0.05) is 11.1 Å². The summed E-state index contributed by atoms with van der Waals surface area (Å²) in [7, 11) is 0. The van der Waals surface area contributed by atoms with Crippen LogP contribution in [0.15, 0.2) is 45.4 Å². The van der Waals surface area contributed by atoms with Crippen molar-refractivity contribution in [2.24, 2.45) is 0 Å². The number of hydrogen-bond acceptors (Lipinski definition) is 7. The van der Waals surface area contributed by atoms with Crippen LogP contribution in [0.25, 0.3) is 11.7 Å². The van der Waals surface area contributed by atoms with Gasteiger partial charge in [-0.05, 0) is 24.3 Å². The molecule has 0 unspecified atom stereocenters. The Balaban J connectivity index is 1.85. The van der Waals surface area contributed by atoms with Crippen molar-refractivity contribution in [2.45, 2.75) is 0 Å². The zero-order valence-electron chi connectivity index (χ0n) is 11.2. The number of nitro groups is 1. The third-order valence-electron chi connectivity index (χ3n) is 2.78. The Morgan fingerprint density at radius 3 is 2.83 bits per heavy atom. The number of aromatic nitrogens is 2. The molecule has 1 amide bonds. The number of nitrogens with zero attached hydrogens (tertiary/aromatic N) is 3. The molecule has 0 saturated carbocycles. The summed E-state index contributed by atoms with van der Waals surface area (Å²) < 4.78 is 10.3. The molecule has 2 heterocycles. The van der Waals surface area contributed by atoms with Crippen molar-refractivity contribution in [3.8, 4) is 11.7 Å². The Kier molecular flexibility index (Phi) is 3.77. The first kappa shape index (κ1) is 14.7. The van der Waals surface area contributed by atoms with Gasteiger partial charge in [-0.25, -0.2) is 0 Å². The molecule has 3 aromatic rings. The first-order valence-corrected chi connectivity index (χ1v) is 6.55. The lowest BCUT2D eigenvalue weighted by Crippen LogP contribution is -2.14. The summed E-state index contributed by atoms with van der Waals surface area (Å²) in [5, 5.41) is 20.7. The summed E-state index contributed by atoms with van der Waals surface area (Å²) in [6.07, 6.45) is 1.42. The molecular formula is C13H7ClN4O5. The SMILES string of the molecule is O=C(Nc1nnc(-c2ccco2)o1)c1cc(Cl)ccc1[N+](=O)[O-]. The lowest BCUT2D eigenvalue weighted by atomic mass is 10.1. The van der Waals surface area contributed by atoms with E-state index in [2.05, 4.69) is 15.5 Å². The highest BCUT2D eigenvalue weighted by atomic mass is 35.5. The van der Waals surface area contributed by atoms with Crippen LogP contribution < -0.4 is 5.32 Å². The summed E-state index contributed by atoms with van der Waals surface area (Å²) in [5.41, 5.74) is -0.613. The minimum atomic E-state index is -0.797. The van der Waals surface area contributed by atoms with Gasteiger partial charge >= 0.3 is 6.01 Å². The molecule has 3 rings (SSSR count). The zero-order valence-corrected chi connectivity index (χ0v) is 12.0. The van der Waals surface area contributed by atoms with Gasteiger partial charge in [-0.15, -0.1) is 5.10 Å². The van der Waals surface area contributed by atoms with Crippen LogP contribution in [0.2, 0.25) is 5.02 Å². The first-order valence-electron chi connectivity index (χ1n) is 6.17. The normalized spacial score (nSPS) is 10.5. The van der Waals surface area contributed by atoms with Crippen molar-refractivity contribution in [3.63, 3.8) is 0 Å². The molecule has 23 heavy (non-hydrogen) atoms. The second-order valence-corrected chi connectivity index (χ2v) is 4.70. The van der Waals surface area contributed by atoms with E-state index in [0.717, 1.165) is 6.07 Å². The van der Waals surface area contributed by atoms with Crippen LogP contribution in [0.1, 0.15) is 10.4 Å². The van der Waals surface area contributed by atoms with Crippen LogP contribution >= 0.6 is 11.6 Å². The van der Waals surface area contributed by atoms with E-state index >= 15 is 0 Å². The molecule has 0 fully saturated rings. The van der Waals surface area contributed by atoms with Gasteiger partial charge in [0.1, 0.15) is 5.56 Å². The number of benzene rings is 1. The van der Waals surface area contributed by atoms with Gasteiger partial charge in [0.2, 0.25) is 0 Å². The predicted octanol–water partition coefficient (Wildman–Crippen LogP) is 3.14. The van der Waals surface area contributed by atoms with E-state index in [1.165, 1.54) is 18.4 Å². The molecule has 0 saturated heterocycles. The quantitative estimate of drug-likeness (QED) is 0.573. The molecule has 1 aromatic carbocycles. The fourth-order valence-electron chi connectivity index (χ4n) is 1.79. The highest BCUT2D eigenvalue weighted by molar-refractivity contribution is 6.31. The van der Waals surface area contributed by atoms with Gasteiger partial charge in [-0.1, -0.05) is 16.7 Å². The molecule has 0 aliphatic heterocycles. The van der Waals surface area contributed by atoms with Gasteiger partial charge in [-0.3, -0.25) is 20.2 Å². The number of halogens is 1. The molecule has 0 spiro atoms. The average molecular weight is 335 g/mol. The van der Waals surface area contributed by atoms with Crippen molar-refractivity contribution >= 4 is 29.2 Å². The summed E-state index contributed by atoms with van der Waals surface area (Å²) in [5.74, 6) is -0.411. The average Bonchev–Trinajstić information content (AvgIpc) is 3.17. The lowest BCUT2D eigenvalue weighted by Gasteiger charge is -2.02. The van der Waals surface area contributed by atoms with Crippen molar-refractivity contribution in [2.75, 3.05) is 5.32 Å². The summed E-state index contributed by atoms with van der Waals surface area (Å²) >= 11 is 5.77. The van der Waals surface area contributed by atoms with Crippen molar-refractivity contribution in [3.05, 3.63) is 57.3 Å². The minimum Gasteiger partial charge on any atom is -0.459 e. The highest BCUT2D eigenvalue weighted by Crippen LogP contribution is 2.24. The number of carbonyl (C=O) groups is 1. The summed E-state index contributed by atoms with van der Waals surface area (Å²) in [6.45, 7) is 0. The lowest BCUT2D eigenvalue weighted by molar-refractivity contribution is -0.385. The number of nitrogens with one attached hydrogen (secondary N) is 1.